The molecule has 11 heteroatoms. The Morgan fingerprint density at radius 3 is 2.41 bits per heavy atom. The summed E-state index contributed by atoms with van der Waals surface area (Å²) in [6, 6.07) is 3.16. The number of hydrogen-bond donors (Lipinski definition) is 1. The SMILES string of the molecule is CC(C)(C)OC(=O)N1CCN(C(N)=NCc2cccnc2OCC(F)(F)F)CC1. The average molecular weight is 417 g/mol. The third-order valence-electron chi connectivity index (χ3n) is 3.89. The van der Waals surface area contributed by atoms with Crippen molar-refractivity contribution in [3.05, 3.63) is 23.9 Å². The smallest absolute Gasteiger partial charge is 0.422 e. The van der Waals surface area contributed by atoms with E-state index in [9.17, 15) is 18.0 Å². The van der Waals surface area contributed by atoms with E-state index in [1.807, 2.05) is 0 Å². The highest BCUT2D eigenvalue weighted by molar-refractivity contribution is 5.78. The number of nitrogens with two attached hydrogens (primary N) is 1. The summed E-state index contributed by atoms with van der Waals surface area (Å²) in [4.78, 5) is 23.6. The number of rotatable bonds is 4. The molecule has 0 bridgehead atoms. The first-order valence-electron chi connectivity index (χ1n) is 9.11. The molecule has 1 aliphatic heterocycles. The molecule has 0 aromatic carbocycles. The van der Waals surface area contributed by atoms with Crippen molar-refractivity contribution in [1.82, 2.24) is 14.8 Å². The topological polar surface area (TPSA) is 93.3 Å². The van der Waals surface area contributed by atoms with Crippen molar-refractivity contribution in [1.29, 1.82) is 0 Å². The van der Waals surface area contributed by atoms with Gasteiger partial charge in [-0.15, -0.1) is 0 Å². The number of ether oxygens (including phenoxy) is 2. The van der Waals surface area contributed by atoms with Crippen molar-refractivity contribution < 1.29 is 27.4 Å². The molecule has 0 radical (unpaired) electrons. The zero-order chi connectivity index (χ0) is 21.7. The highest BCUT2D eigenvalue weighted by atomic mass is 19.4. The molecule has 1 aromatic rings. The van der Waals surface area contributed by atoms with Crippen LogP contribution in [0.4, 0.5) is 18.0 Å². The minimum atomic E-state index is -4.45. The molecule has 1 fully saturated rings. The molecule has 1 aromatic heterocycles. The van der Waals surface area contributed by atoms with E-state index in [-0.39, 0.29) is 24.5 Å². The first kappa shape index (κ1) is 22.6. The predicted octanol–water partition coefficient (Wildman–Crippen LogP) is 2.39. The van der Waals surface area contributed by atoms with Crippen LogP contribution >= 0.6 is 0 Å². The molecule has 8 nitrogen and oxygen atoms in total. The van der Waals surface area contributed by atoms with Gasteiger partial charge in [-0.2, -0.15) is 13.2 Å². The van der Waals surface area contributed by atoms with Crippen molar-refractivity contribution in [2.45, 2.75) is 39.1 Å². The lowest BCUT2D eigenvalue weighted by Gasteiger charge is -2.36. The number of carbonyl (C=O) groups excluding carboxylic acids is 1. The van der Waals surface area contributed by atoms with E-state index < -0.39 is 18.4 Å². The highest BCUT2D eigenvalue weighted by Crippen LogP contribution is 2.20. The van der Waals surface area contributed by atoms with Gasteiger partial charge in [-0.25, -0.2) is 14.8 Å². The Bertz CT molecular complexity index is 726. The molecular weight excluding hydrogens is 391 g/mol. The Hall–Kier alpha value is -2.72. The van der Waals surface area contributed by atoms with Crippen LogP contribution in [-0.2, 0) is 11.3 Å². The second-order valence-corrected chi connectivity index (χ2v) is 7.50. The summed E-state index contributed by atoms with van der Waals surface area (Å²) >= 11 is 0. The third kappa shape index (κ3) is 7.66. The Morgan fingerprint density at radius 2 is 1.83 bits per heavy atom. The lowest BCUT2D eigenvalue weighted by atomic mass is 10.2. The normalized spacial score (nSPS) is 16.0. The minimum Gasteiger partial charge on any atom is -0.468 e. The van der Waals surface area contributed by atoms with Crippen LogP contribution in [0.1, 0.15) is 26.3 Å². The molecule has 0 spiro atoms. The van der Waals surface area contributed by atoms with Gasteiger partial charge in [0, 0.05) is 37.9 Å². The van der Waals surface area contributed by atoms with Gasteiger partial charge in [0.25, 0.3) is 0 Å². The second kappa shape index (κ2) is 9.19. The van der Waals surface area contributed by atoms with E-state index in [0.717, 1.165) is 0 Å². The maximum Gasteiger partial charge on any atom is 0.422 e. The molecule has 162 valence electrons. The third-order valence-corrected chi connectivity index (χ3v) is 3.89. The van der Waals surface area contributed by atoms with Crippen LogP contribution in [0.5, 0.6) is 5.88 Å². The van der Waals surface area contributed by atoms with Crippen LogP contribution in [0.15, 0.2) is 23.3 Å². The summed E-state index contributed by atoms with van der Waals surface area (Å²) in [6.07, 6.45) is -3.49. The van der Waals surface area contributed by atoms with Crippen molar-refractivity contribution in [2.24, 2.45) is 10.7 Å². The molecule has 29 heavy (non-hydrogen) atoms. The molecule has 1 saturated heterocycles. The zero-order valence-electron chi connectivity index (χ0n) is 16.7. The van der Waals surface area contributed by atoms with Gasteiger partial charge in [0.05, 0.1) is 6.54 Å². The summed E-state index contributed by atoms with van der Waals surface area (Å²) < 4.78 is 47.2. The zero-order valence-corrected chi connectivity index (χ0v) is 16.7. The van der Waals surface area contributed by atoms with E-state index in [1.54, 1.807) is 42.7 Å². The van der Waals surface area contributed by atoms with E-state index >= 15 is 0 Å². The molecule has 0 atom stereocenters. The molecule has 0 unspecified atom stereocenters. The van der Waals surface area contributed by atoms with Crippen LogP contribution in [0.25, 0.3) is 0 Å². The van der Waals surface area contributed by atoms with Crippen molar-refractivity contribution in [3.63, 3.8) is 0 Å². The van der Waals surface area contributed by atoms with Crippen LogP contribution in [0, 0.1) is 0 Å². The lowest BCUT2D eigenvalue weighted by Crippen LogP contribution is -2.53. The number of piperazine rings is 1. The van der Waals surface area contributed by atoms with Gasteiger partial charge in [0.1, 0.15) is 5.60 Å². The van der Waals surface area contributed by atoms with E-state index in [2.05, 4.69) is 9.98 Å². The molecule has 2 N–H and O–H groups in total. The van der Waals surface area contributed by atoms with Crippen molar-refractivity contribution >= 4 is 12.1 Å². The highest BCUT2D eigenvalue weighted by Gasteiger charge is 2.29. The summed E-state index contributed by atoms with van der Waals surface area (Å²) in [5, 5.41) is 0. The quantitative estimate of drug-likeness (QED) is 0.597. The Labute approximate surface area is 167 Å². The number of nitrogens with zero attached hydrogens (tertiary/aromatic N) is 4. The first-order valence-corrected chi connectivity index (χ1v) is 9.11. The standard InChI is InChI=1S/C18H26F3N5O3/c1-17(2,3)29-16(27)26-9-7-25(8-10-26)15(22)24-11-13-5-4-6-23-14(13)28-12-18(19,20)21/h4-6H,7-12H2,1-3H3,(H2,22,24). The van der Waals surface area contributed by atoms with Crippen molar-refractivity contribution in [3.8, 4) is 5.88 Å². The summed E-state index contributed by atoms with van der Waals surface area (Å²) in [7, 11) is 0. The molecule has 1 aliphatic rings. The minimum absolute atomic E-state index is 0.0269. The van der Waals surface area contributed by atoms with Gasteiger partial charge >= 0.3 is 12.3 Å². The average Bonchev–Trinajstić information content (AvgIpc) is 2.63. The van der Waals surface area contributed by atoms with Crippen LogP contribution in [-0.4, -0.2) is 71.4 Å². The molecule has 2 rings (SSSR count). The van der Waals surface area contributed by atoms with E-state index in [4.69, 9.17) is 15.2 Å². The fraction of sp³-hybridized carbons (Fsp3) is 0.611. The number of halogens is 3. The summed E-state index contributed by atoms with van der Waals surface area (Å²) in [6.45, 7) is 5.81. The molecule has 0 aliphatic carbocycles. The molecule has 0 saturated carbocycles. The van der Waals surface area contributed by atoms with E-state index in [1.165, 1.54) is 6.20 Å². The lowest BCUT2D eigenvalue weighted by molar-refractivity contribution is -0.154. The molecule has 1 amide bonds. The van der Waals surface area contributed by atoms with Crippen molar-refractivity contribution in [2.75, 3.05) is 32.8 Å². The van der Waals surface area contributed by atoms with Gasteiger partial charge in [-0.1, -0.05) is 6.07 Å². The Balaban J connectivity index is 1.91. The Morgan fingerprint density at radius 1 is 1.21 bits per heavy atom. The first-order chi connectivity index (χ1) is 13.4. The number of guanidine groups is 1. The fourth-order valence-corrected chi connectivity index (χ4v) is 2.54. The maximum atomic E-state index is 12.4. The predicted molar refractivity (Wildman–Crippen MR) is 100 cm³/mol. The van der Waals surface area contributed by atoms with Gasteiger partial charge in [0.15, 0.2) is 12.6 Å². The van der Waals surface area contributed by atoms with Gasteiger partial charge in [-0.3, -0.25) is 0 Å². The number of alkyl halides is 3. The fourth-order valence-electron chi connectivity index (χ4n) is 2.54. The number of amides is 1. The van der Waals surface area contributed by atoms with Crippen LogP contribution < -0.4 is 10.5 Å². The van der Waals surface area contributed by atoms with Gasteiger partial charge in [-0.05, 0) is 26.8 Å². The molecule has 2 heterocycles. The number of aromatic nitrogens is 1. The second-order valence-electron chi connectivity index (χ2n) is 7.50. The van der Waals surface area contributed by atoms with E-state index in [0.29, 0.717) is 31.7 Å². The number of aliphatic imine (C=N–C) groups is 1. The summed E-state index contributed by atoms with van der Waals surface area (Å²) in [5.74, 6) is 0.107. The summed E-state index contributed by atoms with van der Waals surface area (Å²) in [5.41, 5.74) is 5.84. The van der Waals surface area contributed by atoms with Gasteiger partial charge in [0.2, 0.25) is 5.88 Å². The molecular formula is C18H26F3N5O3. The number of hydrogen-bond acceptors (Lipinski definition) is 5. The number of carbonyl (C=O) groups is 1. The monoisotopic (exact) mass is 417 g/mol. The van der Waals surface area contributed by atoms with Crippen LogP contribution in [0.3, 0.4) is 0 Å². The largest absolute Gasteiger partial charge is 0.468 e. The maximum absolute atomic E-state index is 12.4. The number of pyridine rings is 1. The Kier molecular flexibility index (Phi) is 7.15. The van der Waals surface area contributed by atoms with Crippen LogP contribution in [0.2, 0.25) is 0 Å². The van der Waals surface area contributed by atoms with Gasteiger partial charge < -0.3 is 25.0 Å².